The first-order chi connectivity index (χ1) is 17.7. The standard InChI is InChI=1S/C21H38N10O7/c1-9(2)5-14(18(34)30-16(10(3)32)19(35)36)28-21(37)26-8-15-29-17(31-38-15)13(22)6-12(27-11(4)33)7-25-20(23)24/h9-10,12-14,16,32H,5-8,22H2,1-4H3,(H,27,33)(H,30,34)(H,35,36)(H4,23,24,25)(H2,26,28,37)/t10?,12?,13-,14-,16?/m0/s1. The molecular formula is C21H38N10O7. The van der Waals surface area contributed by atoms with Crippen LogP contribution in [0.15, 0.2) is 4.52 Å². The molecule has 0 aromatic carbocycles. The van der Waals surface area contributed by atoms with E-state index in [4.69, 9.17) is 21.4 Å². The van der Waals surface area contributed by atoms with Gasteiger partial charge in [-0.15, -0.1) is 0 Å². The number of carbonyl (C=O) groups excluding carboxylic acids is 3. The van der Waals surface area contributed by atoms with Crippen LogP contribution in [0.2, 0.25) is 0 Å². The molecule has 0 aliphatic carbocycles. The molecule has 0 aliphatic rings. The summed E-state index contributed by atoms with van der Waals surface area (Å²) in [5.74, 6) is -2.62. The number of carbonyl (C=O) groups is 4. The minimum absolute atomic E-state index is 0.0205. The third kappa shape index (κ3) is 11.8. The summed E-state index contributed by atoms with van der Waals surface area (Å²) in [6.45, 7) is 6.16. The Bertz CT molecular complexity index is 968. The molecule has 38 heavy (non-hydrogen) atoms. The van der Waals surface area contributed by atoms with Crippen LogP contribution in [0.25, 0.3) is 0 Å². The quantitative estimate of drug-likeness (QED) is 0.0820. The first kappa shape index (κ1) is 32.0. The van der Waals surface area contributed by atoms with Crippen molar-refractivity contribution in [3.05, 3.63) is 11.7 Å². The summed E-state index contributed by atoms with van der Waals surface area (Å²) in [6, 6.07) is -4.58. The van der Waals surface area contributed by atoms with E-state index in [0.29, 0.717) is 0 Å². The number of amides is 4. The summed E-state index contributed by atoms with van der Waals surface area (Å²) in [4.78, 5) is 51.9. The Balaban J connectivity index is 2.73. The second-order valence-corrected chi connectivity index (χ2v) is 9.15. The second kappa shape index (κ2) is 15.3. The Morgan fingerprint density at radius 1 is 1.08 bits per heavy atom. The first-order valence-corrected chi connectivity index (χ1v) is 11.9. The maximum absolute atomic E-state index is 12.6. The van der Waals surface area contributed by atoms with Crippen molar-refractivity contribution in [2.75, 3.05) is 6.54 Å². The Hall–Kier alpha value is -3.99. The van der Waals surface area contributed by atoms with Gasteiger partial charge < -0.3 is 52.8 Å². The minimum Gasteiger partial charge on any atom is -0.480 e. The summed E-state index contributed by atoms with van der Waals surface area (Å²) >= 11 is 0. The highest BCUT2D eigenvalue weighted by Gasteiger charge is 2.30. The van der Waals surface area contributed by atoms with E-state index in [1.54, 1.807) is 0 Å². The van der Waals surface area contributed by atoms with Crippen LogP contribution in [0, 0.1) is 11.3 Å². The molecule has 0 fully saturated rings. The van der Waals surface area contributed by atoms with Crippen LogP contribution in [-0.2, 0) is 20.9 Å². The molecule has 0 aliphatic heterocycles. The Labute approximate surface area is 219 Å². The summed E-state index contributed by atoms with van der Waals surface area (Å²) < 4.78 is 5.11. The number of aliphatic hydroxyl groups is 1. The van der Waals surface area contributed by atoms with Gasteiger partial charge in [0.2, 0.25) is 17.7 Å². The van der Waals surface area contributed by atoms with E-state index < -0.39 is 48.2 Å². The number of aliphatic hydroxyl groups excluding tert-OH is 1. The third-order valence-electron chi connectivity index (χ3n) is 5.08. The number of urea groups is 1. The van der Waals surface area contributed by atoms with Crippen molar-refractivity contribution in [2.45, 2.75) is 77.4 Å². The maximum Gasteiger partial charge on any atom is 0.328 e. The molecule has 4 amide bonds. The number of guanidine groups is 1. The zero-order valence-electron chi connectivity index (χ0n) is 21.8. The molecular weight excluding hydrogens is 504 g/mol. The lowest BCUT2D eigenvalue weighted by Gasteiger charge is -2.23. The van der Waals surface area contributed by atoms with Gasteiger partial charge in [-0.25, -0.2) is 9.59 Å². The van der Waals surface area contributed by atoms with Gasteiger partial charge in [0.1, 0.15) is 6.04 Å². The number of hydrogen-bond donors (Lipinski definition) is 10. The summed E-state index contributed by atoms with van der Waals surface area (Å²) in [5, 5.41) is 42.3. The number of hydrogen-bond acceptors (Lipinski definition) is 10. The molecule has 17 nitrogen and oxygen atoms in total. The van der Waals surface area contributed by atoms with Crippen molar-refractivity contribution in [3.8, 4) is 0 Å². The smallest absolute Gasteiger partial charge is 0.328 e. The molecule has 5 atom stereocenters. The van der Waals surface area contributed by atoms with Crippen LogP contribution in [0.1, 0.15) is 58.3 Å². The molecule has 1 heterocycles. The zero-order chi connectivity index (χ0) is 29.0. The zero-order valence-corrected chi connectivity index (χ0v) is 21.8. The monoisotopic (exact) mass is 542 g/mol. The van der Waals surface area contributed by atoms with Crippen molar-refractivity contribution < 1.29 is 33.9 Å². The van der Waals surface area contributed by atoms with E-state index in [9.17, 15) is 29.4 Å². The van der Waals surface area contributed by atoms with E-state index in [0.717, 1.165) is 0 Å². The summed E-state index contributed by atoms with van der Waals surface area (Å²) in [5.41, 5.74) is 11.4. The van der Waals surface area contributed by atoms with Crippen LogP contribution in [0.3, 0.4) is 0 Å². The fourth-order valence-corrected chi connectivity index (χ4v) is 3.33. The predicted octanol–water partition coefficient (Wildman–Crippen LogP) is -2.39. The van der Waals surface area contributed by atoms with Gasteiger partial charge in [-0.3, -0.25) is 15.0 Å². The second-order valence-electron chi connectivity index (χ2n) is 9.15. The van der Waals surface area contributed by atoms with E-state index in [1.165, 1.54) is 13.8 Å². The number of carboxylic acids is 1. The number of nitrogens with one attached hydrogen (secondary N) is 6. The van der Waals surface area contributed by atoms with Gasteiger partial charge >= 0.3 is 12.0 Å². The van der Waals surface area contributed by atoms with Crippen molar-refractivity contribution >= 4 is 29.8 Å². The number of rotatable bonds is 15. The van der Waals surface area contributed by atoms with Gasteiger partial charge in [-0.05, 0) is 25.7 Å². The number of carboxylic acid groups (broad SMARTS) is 1. The van der Waals surface area contributed by atoms with Crippen molar-refractivity contribution in [3.63, 3.8) is 0 Å². The maximum atomic E-state index is 12.6. The number of nitrogens with zero attached hydrogens (tertiary/aromatic N) is 2. The van der Waals surface area contributed by atoms with Gasteiger partial charge in [0, 0.05) is 19.5 Å². The fourth-order valence-electron chi connectivity index (χ4n) is 3.33. The van der Waals surface area contributed by atoms with E-state index in [-0.39, 0.29) is 55.4 Å². The molecule has 0 saturated carbocycles. The Kier molecular flexibility index (Phi) is 12.9. The van der Waals surface area contributed by atoms with Gasteiger partial charge in [0.05, 0.1) is 18.7 Å². The molecule has 12 N–H and O–H groups in total. The summed E-state index contributed by atoms with van der Waals surface area (Å²) in [7, 11) is 0. The molecule has 17 heteroatoms. The molecule has 0 bridgehead atoms. The van der Waals surface area contributed by atoms with Gasteiger partial charge in [-0.1, -0.05) is 19.0 Å². The molecule has 214 valence electrons. The molecule has 1 aromatic rings. The molecule has 0 radical (unpaired) electrons. The van der Waals surface area contributed by atoms with Gasteiger partial charge in [-0.2, -0.15) is 4.98 Å². The highest BCUT2D eigenvalue weighted by atomic mass is 16.5. The van der Waals surface area contributed by atoms with Crippen LogP contribution < -0.4 is 38.1 Å². The fraction of sp³-hybridized carbons (Fsp3) is 0.667. The SMILES string of the molecule is CC(=O)NC(CNC(=N)N)C[C@H](N)c1noc(CNC(=O)N[C@@H](CC(C)C)C(=O)NC(C(=O)O)C(C)O)n1. The lowest BCUT2D eigenvalue weighted by Crippen LogP contribution is -2.56. The van der Waals surface area contributed by atoms with Crippen molar-refractivity contribution in [1.82, 2.24) is 36.7 Å². The summed E-state index contributed by atoms with van der Waals surface area (Å²) in [6.07, 6.45) is -0.941. The first-order valence-electron chi connectivity index (χ1n) is 11.9. The van der Waals surface area contributed by atoms with Crippen LogP contribution in [0.5, 0.6) is 0 Å². The topological polar surface area (TPSA) is 284 Å². The molecule has 0 spiro atoms. The van der Waals surface area contributed by atoms with E-state index in [2.05, 4.69) is 36.7 Å². The van der Waals surface area contributed by atoms with Gasteiger partial charge in [0.25, 0.3) is 0 Å². The van der Waals surface area contributed by atoms with Crippen molar-refractivity contribution in [1.29, 1.82) is 5.41 Å². The van der Waals surface area contributed by atoms with Crippen LogP contribution >= 0.6 is 0 Å². The minimum atomic E-state index is -1.54. The van der Waals surface area contributed by atoms with Crippen LogP contribution in [-0.4, -0.2) is 80.9 Å². The third-order valence-corrected chi connectivity index (χ3v) is 5.08. The van der Waals surface area contributed by atoms with Crippen LogP contribution in [0.4, 0.5) is 4.79 Å². The number of nitrogens with two attached hydrogens (primary N) is 2. The number of aromatic nitrogens is 2. The van der Waals surface area contributed by atoms with E-state index >= 15 is 0 Å². The Morgan fingerprint density at radius 2 is 1.74 bits per heavy atom. The molecule has 0 saturated heterocycles. The average molecular weight is 543 g/mol. The number of aliphatic carboxylic acids is 1. The normalized spacial score (nSPS) is 14.9. The average Bonchev–Trinajstić information content (AvgIpc) is 3.27. The van der Waals surface area contributed by atoms with E-state index in [1.807, 2.05) is 13.8 Å². The van der Waals surface area contributed by atoms with Crippen molar-refractivity contribution in [2.24, 2.45) is 17.4 Å². The Morgan fingerprint density at radius 3 is 2.26 bits per heavy atom. The lowest BCUT2D eigenvalue weighted by molar-refractivity contribution is -0.145. The highest BCUT2D eigenvalue weighted by molar-refractivity contribution is 5.90. The molecule has 1 aromatic heterocycles. The predicted molar refractivity (Wildman–Crippen MR) is 133 cm³/mol. The molecule has 1 rings (SSSR count). The largest absolute Gasteiger partial charge is 0.480 e. The highest BCUT2D eigenvalue weighted by Crippen LogP contribution is 2.13. The van der Waals surface area contributed by atoms with Gasteiger partial charge in [0.15, 0.2) is 17.8 Å². The lowest BCUT2D eigenvalue weighted by atomic mass is 10.0. The molecule has 3 unspecified atom stereocenters.